The molecule has 2 aromatic heterocycles. The second-order valence-corrected chi connectivity index (χ2v) is 8.55. The van der Waals surface area contributed by atoms with E-state index < -0.39 is 0 Å². The van der Waals surface area contributed by atoms with Crippen LogP contribution in [0.3, 0.4) is 0 Å². The summed E-state index contributed by atoms with van der Waals surface area (Å²) in [5, 5.41) is 9.80. The van der Waals surface area contributed by atoms with Crippen molar-refractivity contribution in [2.45, 2.75) is 0 Å². The van der Waals surface area contributed by atoms with Gasteiger partial charge in [0, 0.05) is 46.1 Å². The molecule has 4 aromatic rings. The highest BCUT2D eigenvalue weighted by molar-refractivity contribution is 6.08. The zero-order valence-electron chi connectivity index (χ0n) is 20.9. The molecular weight excluding hydrogens is 502 g/mol. The van der Waals surface area contributed by atoms with Crippen LogP contribution >= 0.6 is 0 Å². The fourth-order valence-electron chi connectivity index (χ4n) is 3.83. The van der Waals surface area contributed by atoms with Gasteiger partial charge in [-0.25, -0.2) is 0 Å². The van der Waals surface area contributed by atoms with Crippen LogP contribution in [0.1, 0.15) is 31.3 Å². The Balaban J connectivity index is 1.40. The van der Waals surface area contributed by atoms with Gasteiger partial charge >= 0.3 is 0 Å². The molecule has 3 amide bonds. The Hall–Kier alpha value is -5.53. The molecule has 0 bridgehead atoms. The number of fused-ring (bicyclic) bond motifs is 2. The maximum atomic E-state index is 12.9. The Kier molecular flexibility index (Phi) is 7.95. The first-order valence-corrected chi connectivity index (χ1v) is 11.9. The van der Waals surface area contributed by atoms with E-state index in [0.29, 0.717) is 39.1 Å². The number of nitrogens with one attached hydrogen (secondary N) is 5. The largest absolute Gasteiger partial charge is 0.370 e. The summed E-state index contributed by atoms with van der Waals surface area (Å²) in [6.07, 6.45) is 0. The SMILES string of the molecule is NC(N)=NCCNC(=O)c1ccc2[nH]c(C(=O)Nc3ccc4cc(C(=O)NCCN=C(N)N)[nH]c4c3)cc2c1. The van der Waals surface area contributed by atoms with Crippen molar-refractivity contribution in [1.82, 2.24) is 20.6 Å². The molecule has 0 saturated heterocycles. The van der Waals surface area contributed by atoms with Crippen LogP contribution in [0.2, 0.25) is 0 Å². The average molecular weight is 532 g/mol. The lowest BCUT2D eigenvalue weighted by atomic mass is 10.1. The number of H-pyrrole nitrogens is 2. The molecule has 2 heterocycles. The van der Waals surface area contributed by atoms with Crippen molar-refractivity contribution in [2.24, 2.45) is 32.9 Å². The highest BCUT2D eigenvalue weighted by atomic mass is 16.2. The number of guanidine groups is 2. The van der Waals surface area contributed by atoms with Crippen molar-refractivity contribution in [3.05, 3.63) is 65.5 Å². The predicted octanol–water partition coefficient (Wildman–Crippen LogP) is -0.0921. The van der Waals surface area contributed by atoms with Crippen LogP contribution < -0.4 is 38.9 Å². The van der Waals surface area contributed by atoms with Crippen molar-refractivity contribution < 1.29 is 14.4 Å². The number of hydrogen-bond acceptors (Lipinski definition) is 5. The number of anilines is 1. The van der Waals surface area contributed by atoms with Crippen LogP contribution in [0.25, 0.3) is 21.8 Å². The molecule has 0 unspecified atom stereocenters. The maximum Gasteiger partial charge on any atom is 0.272 e. The average Bonchev–Trinajstić information content (AvgIpc) is 3.52. The van der Waals surface area contributed by atoms with Gasteiger partial charge in [0.25, 0.3) is 17.7 Å². The fraction of sp³-hybridized carbons (Fsp3) is 0.160. The minimum Gasteiger partial charge on any atom is -0.370 e. The van der Waals surface area contributed by atoms with Crippen LogP contribution in [0.4, 0.5) is 5.69 Å². The number of nitrogens with two attached hydrogens (primary N) is 4. The summed E-state index contributed by atoms with van der Waals surface area (Å²) in [5.74, 6) is -1.03. The molecule has 0 saturated carbocycles. The topological polar surface area (TPSA) is 248 Å². The second kappa shape index (κ2) is 11.7. The Morgan fingerprint density at radius 1 is 0.667 bits per heavy atom. The number of hydrogen-bond donors (Lipinski definition) is 9. The van der Waals surface area contributed by atoms with Gasteiger partial charge in [0.05, 0.1) is 13.1 Å². The van der Waals surface area contributed by atoms with E-state index in [-0.39, 0.29) is 55.8 Å². The van der Waals surface area contributed by atoms with E-state index in [1.54, 1.807) is 48.5 Å². The first-order valence-electron chi connectivity index (χ1n) is 11.9. The number of aromatic amines is 2. The summed E-state index contributed by atoms with van der Waals surface area (Å²) in [5.41, 5.74) is 24.1. The lowest BCUT2D eigenvalue weighted by Gasteiger charge is -2.04. The van der Waals surface area contributed by atoms with Crippen molar-refractivity contribution in [3.63, 3.8) is 0 Å². The normalized spacial score (nSPS) is 10.7. The Morgan fingerprint density at radius 2 is 1.28 bits per heavy atom. The molecule has 2 aromatic carbocycles. The zero-order valence-corrected chi connectivity index (χ0v) is 20.9. The number of aromatic nitrogens is 2. The second-order valence-electron chi connectivity index (χ2n) is 8.55. The molecule has 14 heteroatoms. The summed E-state index contributed by atoms with van der Waals surface area (Å²) < 4.78 is 0. The van der Waals surface area contributed by atoms with Crippen molar-refractivity contribution >= 4 is 57.1 Å². The molecule has 0 fully saturated rings. The number of amides is 3. The lowest BCUT2D eigenvalue weighted by molar-refractivity contribution is 0.0944. The fourth-order valence-corrected chi connectivity index (χ4v) is 3.83. The molecular formula is C25H29N11O3. The quantitative estimate of drug-likeness (QED) is 0.0763. The van der Waals surface area contributed by atoms with Gasteiger partial charge in [-0.2, -0.15) is 0 Å². The third-order valence-electron chi connectivity index (χ3n) is 5.64. The van der Waals surface area contributed by atoms with E-state index in [0.717, 1.165) is 5.39 Å². The number of carbonyl (C=O) groups excluding carboxylic acids is 3. The lowest BCUT2D eigenvalue weighted by Crippen LogP contribution is -2.28. The van der Waals surface area contributed by atoms with E-state index in [1.165, 1.54) is 0 Å². The number of carbonyl (C=O) groups is 3. The molecule has 4 rings (SSSR count). The number of aliphatic imine (C=N–C) groups is 2. The highest BCUT2D eigenvalue weighted by Crippen LogP contribution is 2.22. The number of nitrogens with zero attached hydrogens (tertiary/aromatic N) is 2. The van der Waals surface area contributed by atoms with Crippen LogP contribution in [0.15, 0.2) is 58.5 Å². The molecule has 0 atom stereocenters. The molecule has 0 radical (unpaired) electrons. The van der Waals surface area contributed by atoms with Crippen LogP contribution in [-0.4, -0.2) is 65.8 Å². The van der Waals surface area contributed by atoms with E-state index >= 15 is 0 Å². The maximum absolute atomic E-state index is 12.9. The Labute approximate surface area is 222 Å². The van der Waals surface area contributed by atoms with Crippen LogP contribution in [0, 0.1) is 0 Å². The molecule has 0 aliphatic heterocycles. The Bertz CT molecular complexity index is 1590. The van der Waals surface area contributed by atoms with Crippen LogP contribution in [-0.2, 0) is 0 Å². The van der Waals surface area contributed by atoms with Gasteiger partial charge in [-0.15, -0.1) is 0 Å². The van der Waals surface area contributed by atoms with Gasteiger partial charge in [-0.05, 0) is 42.5 Å². The number of rotatable bonds is 10. The molecule has 39 heavy (non-hydrogen) atoms. The standard InChI is InChI=1S/C25H29N11O3/c26-24(27)32-7-5-30-21(37)14-2-4-17-15(9-14)11-20(35-17)23(39)34-16-3-1-13-10-19(36-18(13)12-16)22(38)31-6-8-33-25(28)29/h1-4,9-12,35-36H,5-8H2,(H,30,37)(H,31,38)(H,34,39)(H4,26,27,32)(H4,28,29,33). The van der Waals surface area contributed by atoms with Gasteiger partial charge < -0.3 is 48.9 Å². The molecule has 0 spiro atoms. The number of benzene rings is 2. The minimum absolute atomic E-state index is 0.0404. The van der Waals surface area contributed by atoms with E-state index in [1.807, 2.05) is 0 Å². The molecule has 0 aliphatic carbocycles. The summed E-state index contributed by atoms with van der Waals surface area (Å²) in [6.45, 7) is 1.11. The molecule has 202 valence electrons. The van der Waals surface area contributed by atoms with Gasteiger partial charge in [0.15, 0.2) is 11.9 Å². The third-order valence-corrected chi connectivity index (χ3v) is 5.64. The van der Waals surface area contributed by atoms with E-state index in [9.17, 15) is 14.4 Å². The van der Waals surface area contributed by atoms with Gasteiger partial charge in [-0.1, -0.05) is 6.07 Å². The zero-order chi connectivity index (χ0) is 27.9. The van der Waals surface area contributed by atoms with Crippen molar-refractivity contribution in [2.75, 3.05) is 31.5 Å². The Morgan fingerprint density at radius 3 is 1.97 bits per heavy atom. The summed E-state index contributed by atoms with van der Waals surface area (Å²) in [7, 11) is 0. The van der Waals surface area contributed by atoms with Gasteiger partial charge in [-0.3, -0.25) is 24.4 Å². The monoisotopic (exact) mass is 531 g/mol. The van der Waals surface area contributed by atoms with E-state index in [2.05, 4.69) is 35.9 Å². The van der Waals surface area contributed by atoms with Gasteiger partial charge in [0.2, 0.25) is 0 Å². The summed E-state index contributed by atoms with van der Waals surface area (Å²) in [4.78, 5) is 51.4. The summed E-state index contributed by atoms with van der Waals surface area (Å²) in [6, 6.07) is 13.7. The molecule has 14 nitrogen and oxygen atoms in total. The first-order chi connectivity index (χ1) is 18.7. The third kappa shape index (κ3) is 6.82. The van der Waals surface area contributed by atoms with Crippen molar-refractivity contribution in [1.29, 1.82) is 0 Å². The minimum atomic E-state index is -0.363. The van der Waals surface area contributed by atoms with Gasteiger partial charge in [0.1, 0.15) is 11.4 Å². The molecule has 13 N–H and O–H groups in total. The molecule has 0 aliphatic rings. The predicted molar refractivity (Wildman–Crippen MR) is 151 cm³/mol. The van der Waals surface area contributed by atoms with Crippen molar-refractivity contribution in [3.8, 4) is 0 Å². The highest BCUT2D eigenvalue weighted by Gasteiger charge is 2.14. The van der Waals surface area contributed by atoms with E-state index in [4.69, 9.17) is 22.9 Å². The first kappa shape index (κ1) is 26.5. The summed E-state index contributed by atoms with van der Waals surface area (Å²) >= 11 is 0. The smallest absolute Gasteiger partial charge is 0.272 e. The van der Waals surface area contributed by atoms with Crippen LogP contribution in [0.5, 0.6) is 0 Å².